The van der Waals surface area contributed by atoms with Crippen LogP contribution in [0, 0.1) is 5.92 Å². The summed E-state index contributed by atoms with van der Waals surface area (Å²) in [6.07, 6.45) is 0.909. The van der Waals surface area contributed by atoms with Crippen LogP contribution in [0.3, 0.4) is 0 Å². The minimum absolute atomic E-state index is 0.151. The van der Waals surface area contributed by atoms with Gasteiger partial charge in [0.05, 0.1) is 0 Å². The number of ether oxygens (including phenoxy) is 1. The fourth-order valence-corrected chi connectivity index (χ4v) is 1.52. The Kier molecular flexibility index (Phi) is 7.49. The van der Waals surface area contributed by atoms with E-state index in [0.29, 0.717) is 18.9 Å². The van der Waals surface area contributed by atoms with Crippen molar-refractivity contribution in [3.8, 4) is 0 Å². The van der Waals surface area contributed by atoms with Gasteiger partial charge in [-0.15, -0.1) is 0 Å². The SMILES string of the molecule is CCCNC(=O)[C@H](CC(C)C)NC(=O)OC(C)(C)C. The molecule has 0 aromatic carbocycles. The van der Waals surface area contributed by atoms with Gasteiger partial charge in [-0.3, -0.25) is 4.79 Å². The molecule has 0 spiro atoms. The summed E-state index contributed by atoms with van der Waals surface area (Å²) in [5, 5.41) is 5.44. The van der Waals surface area contributed by atoms with Crippen molar-refractivity contribution in [2.75, 3.05) is 6.54 Å². The van der Waals surface area contributed by atoms with E-state index in [0.717, 1.165) is 6.42 Å². The van der Waals surface area contributed by atoms with Crippen molar-refractivity contribution in [1.82, 2.24) is 10.6 Å². The van der Waals surface area contributed by atoms with Gasteiger partial charge in [0.15, 0.2) is 0 Å². The fourth-order valence-electron chi connectivity index (χ4n) is 1.52. The Hall–Kier alpha value is -1.26. The number of rotatable bonds is 6. The lowest BCUT2D eigenvalue weighted by atomic mass is 10.0. The van der Waals surface area contributed by atoms with E-state index in [9.17, 15) is 9.59 Å². The van der Waals surface area contributed by atoms with Crippen LogP contribution in [0.5, 0.6) is 0 Å². The van der Waals surface area contributed by atoms with E-state index in [2.05, 4.69) is 10.6 Å². The molecule has 0 aliphatic carbocycles. The molecule has 1 atom stereocenters. The lowest BCUT2D eigenvalue weighted by Crippen LogP contribution is -2.48. The molecule has 112 valence electrons. The Morgan fingerprint density at radius 1 is 1.21 bits per heavy atom. The van der Waals surface area contributed by atoms with Gasteiger partial charge in [-0.2, -0.15) is 0 Å². The highest BCUT2D eigenvalue weighted by molar-refractivity contribution is 5.85. The average Bonchev–Trinajstić information content (AvgIpc) is 2.21. The zero-order chi connectivity index (χ0) is 15.1. The van der Waals surface area contributed by atoms with Crippen LogP contribution in [0.1, 0.15) is 54.4 Å². The van der Waals surface area contributed by atoms with Crippen LogP contribution in [0.2, 0.25) is 0 Å². The molecule has 0 aromatic rings. The number of carbonyl (C=O) groups excluding carboxylic acids is 2. The number of hydrogen-bond acceptors (Lipinski definition) is 3. The third-order valence-electron chi connectivity index (χ3n) is 2.26. The van der Waals surface area contributed by atoms with Crippen molar-refractivity contribution in [2.45, 2.75) is 66.0 Å². The summed E-state index contributed by atoms with van der Waals surface area (Å²) in [6, 6.07) is -0.540. The zero-order valence-electron chi connectivity index (χ0n) is 13.0. The molecule has 2 N–H and O–H groups in total. The molecule has 0 fully saturated rings. The monoisotopic (exact) mass is 272 g/mol. The molecule has 0 radical (unpaired) electrons. The van der Waals surface area contributed by atoms with Gasteiger partial charge in [0.25, 0.3) is 0 Å². The molecule has 5 heteroatoms. The predicted molar refractivity (Wildman–Crippen MR) is 75.9 cm³/mol. The standard InChI is InChI=1S/C14H28N2O3/c1-7-8-15-12(17)11(9-10(2)3)16-13(18)19-14(4,5)6/h10-11H,7-9H2,1-6H3,(H,15,17)(H,16,18)/t11-/m0/s1. The van der Waals surface area contributed by atoms with Gasteiger partial charge < -0.3 is 15.4 Å². The maximum Gasteiger partial charge on any atom is 0.408 e. The molecule has 0 saturated carbocycles. The number of carbonyl (C=O) groups is 2. The lowest BCUT2D eigenvalue weighted by Gasteiger charge is -2.24. The fraction of sp³-hybridized carbons (Fsp3) is 0.857. The maximum absolute atomic E-state index is 12.0. The molecule has 0 saturated heterocycles. The summed E-state index contributed by atoms with van der Waals surface area (Å²) in [5.74, 6) is 0.161. The molecule has 2 amide bonds. The van der Waals surface area contributed by atoms with Crippen LogP contribution < -0.4 is 10.6 Å². The van der Waals surface area contributed by atoms with Crippen molar-refractivity contribution in [3.05, 3.63) is 0 Å². The number of nitrogens with one attached hydrogen (secondary N) is 2. The Morgan fingerprint density at radius 2 is 1.79 bits per heavy atom. The van der Waals surface area contributed by atoms with E-state index < -0.39 is 17.7 Å². The molecular weight excluding hydrogens is 244 g/mol. The Balaban J connectivity index is 4.50. The van der Waals surface area contributed by atoms with Gasteiger partial charge >= 0.3 is 6.09 Å². The highest BCUT2D eigenvalue weighted by Crippen LogP contribution is 2.09. The molecule has 5 nitrogen and oxygen atoms in total. The number of amides is 2. The van der Waals surface area contributed by atoms with Gasteiger partial charge in [-0.25, -0.2) is 4.79 Å². The largest absolute Gasteiger partial charge is 0.444 e. The highest BCUT2D eigenvalue weighted by atomic mass is 16.6. The van der Waals surface area contributed by atoms with Gasteiger partial charge in [0.2, 0.25) is 5.91 Å². The highest BCUT2D eigenvalue weighted by Gasteiger charge is 2.24. The predicted octanol–water partition coefficient (Wildman–Crippen LogP) is 2.45. The molecule has 0 bridgehead atoms. The summed E-state index contributed by atoms with van der Waals surface area (Å²) in [6.45, 7) is 12.0. The van der Waals surface area contributed by atoms with Crippen molar-refractivity contribution in [2.24, 2.45) is 5.92 Å². The van der Waals surface area contributed by atoms with Crippen LogP contribution in [0.25, 0.3) is 0 Å². The van der Waals surface area contributed by atoms with Crippen LogP contribution in [-0.4, -0.2) is 30.2 Å². The second-order valence-corrected chi connectivity index (χ2v) is 6.12. The molecule has 0 unspecified atom stereocenters. The molecule has 19 heavy (non-hydrogen) atoms. The maximum atomic E-state index is 12.0. The second kappa shape index (κ2) is 8.02. The quantitative estimate of drug-likeness (QED) is 0.780. The smallest absolute Gasteiger partial charge is 0.408 e. The van der Waals surface area contributed by atoms with Crippen LogP contribution in [0.15, 0.2) is 0 Å². The zero-order valence-corrected chi connectivity index (χ0v) is 13.0. The van der Waals surface area contributed by atoms with Gasteiger partial charge in [-0.1, -0.05) is 20.8 Å². The van der Waals surface area contributed by atoms with E-state index in [-0.39, 0.29) is 5.91 Å². The minimum Gasteiger partial charge on any atom is -0.444 e. The van der Waals surface area contributed by atoms with Crippen LogP contribution in [-0.2, 0) is 9.53 Å². The van der Waals surface area contributed by atoms with E-state index in [1.165, 1.54) is 0 Å². The van der Waals surface area contributed by atoms with Crippen molar-refractivity contribution in [1.29, 1.82) is 0 Å². The summed E-state index contributed by atoms with van der Waals surface area (Å²) in [4.78, 5) is 23.7. The Labute approximate surface area is 116 Å². The van der Waals surface area contributed by atoms with Crippen molar-refractivity contribution < 1.29 is 14.3 Å². The van der Waals surface area contributed by atoms with E-state index in [1.807, 2.05) is 20.8 Å². The molecule has 0 heterocycles. The van der Waals surface area contributed by atoms with Crippen LogP contribution >= 0.6 is 0 Å². The topological polar surface area (TPSA) is 67.4 Å². The molecule has 0 aliphatic heterocycles. The van der Waals surface area contributed by atoms with Crippen LogP contribution in [0.4, 0.5) is 4.79 Å². The Morgan fingerprint density at radius 3 is 2.21 bits per heavy atom. The first kappa shape index (κ1) is 17.7. The molecule has 0 aromatic heterocycles. The van der Waals surface area contributed by atoms with Gasteiger partial charge in [-0.05, 0) is 39.5 Å². The number of alkyl carbamates (subject to hydrolysis) is 1. The number of hydrogen-bond donors (Lipinski definition) is 2. The van der Waals surface area contributed by atoms with E-state index in [1.54, 1.807) is 20.8 Å². The molecular formula is C14H28N2O3. The van der Waals surface area contributed by atoms with Crippen molar-refractivity contribution in [3.63, 3.8) is 0 Å². The third kappa shape index (κ3) is 9.33. The van der Waals surface area contributed by atoms with Gasteiger partial charge in [0.1, 0.15) is 11.6 Å². The summed E-state index contributed by atoms with van der Waals surface area (Å²) in [5.41, 5.74) is -0.563. The first-order chi connectivity index (χ1) is 8.65. The molecule has 0 rings (SSSR count). The molecule has 0 aliphatic rings. The first-order valence-corrected chi connectivity index (χ1v) is 6.93. The normalized spacial score (nSPS) is 13.0. The summed E-state index contributed by atoms with van der Waals surface area (Å²) >= 11 is 0. The lowest BCUT2D eigenvalue weighted by molar-refractivity contribution is -0.123. The second-order valence-electron chi connectivity index (χ2n) is 6.12. The van der Waals surface area contributed by atoms with E-state index in [4.69, 9.17) is 4.74 Å². The van der Waals surface area contributed by atoms with Crippen molar-refractivity contribution >= 4 is 12.0 Å². The first-order valence-electron chi connectivity index (χ1n) is 6.93. The summed E-state index contributed by atoms with van der Waals surface area (Å²) < 4.78 is 5.17. The minimum atomic E-state index is -0.563. The average molecular weight is 272 g/mol. The van der Waals surface area contributed by atoms with E-state index >= 15 is 0 Å². The Bertz CT molecular complexity index is 296. The summed E-state index contributed by atoms with van der Waals surface area (Å²) in [7, 11) is 0. The van der Waals surface area contributed by atoms with Gasteiger partial charge in [0, 0.05) is 6.54 Å². The third-order valence-corrected chi connectivity index (χ3v) is 2.26.